The number of hydrogen-bond donors (Lipinski definition) is 2. The van der Waals surface area contributed by atoms with Crippen molar-refractivity contribution in [2.45, 2.75) is 33.4 Å². The third-order valence-corrected chi connectivity index (χ3v) is 3.99. The van der Waals surface area contributed by atoms with Crippen molar-refractivity contribution < 1.29 is 5.11 Å². The largest absolute Gasteiger partial charge is 0.507 e. The molecule has 1 aromatic carbocycles. The van der Waals surface area contributed by atoms with Gasteiger partial charge in [-0.2, -0.15) is 0 Å². The SMILES string of the molecule is Cc1nc2c(c(=O)[nH]1)CCN(Cc1cccc(C)c1O)C2. The summed E-state index contributed by atoms with van der Waals surface area (Å²) in [7, 11) is 0. The molecule has 2 heterocycles. The fourth-order valence-corrected chi connectivity index (χ4v) is 2.84. The molecule has 0 aliphatic carbocycles. The van der Waals surface area contributed by atoms with Gasteiger partial charge in [-0.1, -0.05) is 18.2 Å². The van der Waals surface area contributed by atoms with Gasteiger partial charge in [0, 0.05) is 30.8 Å². The van der Waals surface area contributed by atoms with Crippen molar-refractivity contribution in [3.8, 4) is 5.75 Å². The topological polar surface area (TPSA) is 69.2 Å². The van der Waals surface area contributed by atoms with Gasteiger partial charge in [0.15, 0.2) is 0 Å². The van der Waals surface area contributed by atoms with Crippen molar-refractivity contribution in [2.24, 2.45) is 0 Å². The van der Waals surface area contributed by atoms with Gasteiger partial charge < -0.3 is 10.1 Å². The van der Waals surface area contributed by atoms with E-state index < -0.39 is 0 Å². The van der Waals surface area contributed by atoms with Crippen LogP contribution in [0.15, 0.2) is 23.0 Å². The first kappa shape index (κ1) is 13.8. The highest BCUT2D eigenvalue weighted by Crippen LogP contribution is 2.24. The molecule has 1 aliphatic heterocycles. The number of hydrogen-bond acceptors (Lipinski definition) is 4. The number of para-hydroxylation sites is 1. The average molecular weight is 285 g/mol. The molecule has 0 radical (unpaired) electrons. The number of aromatic amines is 1. The maximum absolute atomic E-state index is 11.9. The van der Waals surface area contributed by atoms with Crippen LogP contribution in [0.4, 0.5) is 0 Å². The Morgan fingerprint density at radius 1 is 1.38 bits per heavy atom. The molecular formula is C16H19N3O2. The van der Waals surface area contributed by atoms with Gasteiger partial charge in [0.1, 0.15) is 11.6 Å². The van der Waals surface area contributed by atoms with Crippen LogP contribution in [0.5, 0.6) is 5.75 Å². The minimum Gasteiger partial charge on any atom is -0.507 e. The number of H-pyrrole nitrogens is 1. The van der Waals surface area contributed by atoms with Crippen molar-refractivity contribution in [3.63, 3.8) is 0 Å². The normalized spacial score (nSPS) is 15.0. The Bertz CT molecular complexity index is 737. The summed E-state index contributed by atoms with van der Waals surface area (Å²) < 4.78 is 0. The van der Waals surface area contributed by atoms with Crippen LogP contribution in [0.3, 0.4) is 0 Å². The molecule has 3 rings (SSSR count). The summed E-state index contributed by atoms with van der Waals surface area (Å²) in [6, 6.07) is 5.79. The van der Waals surface area contributed by atoms with Crippen LogP contribution in [0.1, 0.15) is 28.2 Å². The zero-order valence-corrected chi connectivity index (χ0v) is 12.3. The standard InChI is InChI=1S/C16H19N3O2/c1-10-4-3-5-12(15(10)20)8-19-7-6-13-14(9-19)17-11(2)18-16(13)21/h3-5,20H,6-9H2,1-2H3,(H,17,18,21). The number of nitrogens with zero attached hydrogens (tertiary/aromatic N) is 2. The lowest BCUT2D eigenvalue weighted by atomic mass is 10.0. The number of aromatic nitrogens is 2. The molecule has 0 saturated heterocycles. The summed E-state index contributed by atoms with van der Waals surface area (Å²) in [5, 5.41) is 10.1. The van der Waals surface area contributed by atoms with Gasteiger partial charge in [-0.15, -0.1) is 0 Å². The van der Waals surface area contributed by atoms with E-state index in [4.69, 9.17) is 0 Å². The zero-order chi connectivity index (χ0) is 15.0. The number of rotatable bonds is 2. The van der Waals surface area contributed by atoms with Crippen LogP contribution < -0.4 is 5.56 Å². The van der Waals surface area contributed by atoms with Crippen LogP contribution in [-0.4, -0.2) is 26.5 Å². The van der Waals surface area contributed by atoms with Gasteiger partial charge in [-0.3, -0.25) is 9.69 Å². The number of aryl methyl sites for hydroxylation is 2. The second kappa shape index (κ2) is 5.33. The van der Waals surface area contributed by atoms with E-state index >= 15 is 0 Å². The first-order valence-corrected chi connectivity index (χ1v) is 7.13. The molecule has 5 heteroatoms. The second-order valence-corrected chi connectivity index (χ2v) is 5.62. The summed E-state index contributed by atoms with van der Waals surface area (Å²) in [6.07, 6.45) is 0.699. The van der Waals surface area contributed by atoms with Gasteiger partial charge in [-0.25, -0.2) is 4.98 Å². The van der Waals surface area contributed by atoms with Gasteiger partial charge in [0.25, 0.3) is 5.56 Å². The zero-order valence-electron chi connectivity index (χ0n) is 12.3. The number of benzene rings is 1. The maximum Gasteiger partial charge on any atom is 0.254 e. The van der Waals surface area contributed by atoms with Crippen molar-refractivity contribution in [1.82, 2.24) is 14.9 Å². The van der Waals surface area contributed by atoms with Crippen LogP contribution in [0.25, 0.3) is 0 Å². The predicted molar refractivity (Wildman–Crippen MR) is 80.3 cm³/mol. The molecule has 5 nitrogen and oxygen atoms in total. The predicted octanol–water partition coefficient (Wildman–Crippen LogP) is 1.65. The van der Waals surface area contributed by atoms with E-state index in [1.807, 2.05) is 25.1 Å². The van der Waals surface area contributed by atoms with E-state index in [0.717, 1.165) is 28.9 Å². The molecule has 110 valence electrons. The van der Waals surface area contributed by atoms with Crippen LogP contribution in [-0.2, 0) is 19.5 Å². The Morgan fingerprint density at radius 2 is 2.19 bits per heavy atom. The third kappa shape index (κ3) is 2.69. The highest BCUT2D eigenvalue weighted by Gasteiger charge is 2.21. The van der Waals surface area contributed by atoms with Gasteiger partial charge >= 0.3 is 0 Å². The lowest BCUT2D eigenvalue weighted by Crippen LogP contribution is -2.35. The van der Waals surface area contributed by atoms with Crippen molar-refractivity contribution in [1.29, 1.82) is 0 Å². The number of fused-ring (bicyclic) bond motifs is 1. The first-order valence-electron chi connectivity index (χ1n) is 7.13. The highest BCUT2D eigenvalue weighted by atomic mass is 16.3. The highest BCUT2D eigenvalue weighted by molar-refractivity contribution is 5.39. The Morgan fingerprint density at radius 3 is 3.00 bits per heavy atom. The van der Waals surface area contributed by atoms with Gasteiger partial charge in [0.2, 0.25) is 0 Å². The fourth-order valence-electron chi connectivity index (χ4n) is 2.84. The minimum atomic E-state index is -0.0180. The molecule has 0 spiro atoms. The molecule has 0 saturated carbocycles. The molecule has 0 unspecified atom stereocenters. The van der Waals surface area contributed by atoms with E-state index in [2.05, 4.69) is 14.9 Å². The molecule has 1 aromatic heterocycles. The molecule has 2 aromatic rings. The van der Waals surface area contributed by atoms with Gasteiger partial charge in [0.05, 0.1) is 5.69 Å². The fraction of sp³-hybridized carbons (Fsp3) is 0.375. The second-order valence-electron chi connectivity index (χ2n) is 5.62. The number of aromatic hydroxyl groups is 1. The summed E-state index contributed by atoms with van der Waals surface area (Å²) in [6.45, 7) is 5.81. The summed E-state index contributed by atoms with van der Waals surface area (Å²) in [5.74, 6) is 1.01. The van der Waals surface area contributed by atoms with Gasteiger partial charge in [-0.05, 0) is 25.8 Å². The van der Waals surface area contributed by atoms with E-state index in [1.165, 1.54) is 0 Å². The molecule has 0 atom stereocenters. The average Bonchev–Trinajstić information content (AvgIpc) is 2.43. The van der Waals surface area contributed by atoms with Crippen LogP contribution >= 0.6 is 0 Å². The Kier molecular flexibility index (Phi) is 3.51. The first-order chi connectivity index (χ1) is 10.0. The van der Waals surface area contributed by atoms with E-state index in [-0.39, 0.29) is 5.56 Å². The lowest BCUT2D eigenvalue weighted by Gasteiger charge is -2.28. The molecule has 1 aliphatic rings. The Labute approximate surface area is 123 Å². The summed E-state index contributed by atoms with van der Waals surface area (Å²) in [4.78, 5) is 21.3. The third-order valence-electron chi connectivity index (χ3n) is 3.99. The van der Waals surface area contributed by atoms with Crippen molar-refractivity contribution in [2.75, 3.05) is 6.54 Å². The van der Waals surface area contributed by atoms with Crippen LogP contribution in [0, 0.1) is 13.8 Å². The maximum atomic E-state index is 11.9. The number of nitrogens with one attached hydrogen (secondary N) is 1. The van der Waals surface area contributed by atoms with E-state index in [1.54, 1.807) is 6.92 Å². The molecule has 0 fully saturated rings. The lowest BCUT2D eigenvalue weighted by molar-refractivity contribution is 0.237. The van der Waals surface area contributed by atoms with Crippen molar-refractivity contribution >= 4 is 0 Å². The van der Waals surface area contributed by atoms with Crippen LogP contribution in [0.2, 0.25) is 0 Å². The Balaban J connectivity index is 1.84. The number of phenols is 1. The summed E-state index contributed by atoms with van der Waals surface area (Å²) >= 11 is 0. The number of phenolic OH excluding ortho intramolecular Hbond substituents is 1. The molecular weight excluding hydrogens is 266 g/mol. The van der Waals surface area contributed by atoms with E-state index in [9.17, 15) is 9.90 Å². The smallest absolute Gasteiger partial charge is 0.254 e. The monoisotopic (exact) mass is 285 g/mol. The Hall–Kier alpha value is -2.14. The molecule has 2 N–H and O–H groups in total. The molecule has 21 heavy (non-hydrogen) atoms. The summed E-state index contributed by atoms with van der Waals surface area (Å²) in [5.41, 5.74) is 3.44. The minimum absolute atomic E-state index is 0.0180. The molecule has 0 amide bonds. The van der Waals surface area contributed by atoms with E-state index in [0.29, 0.717) is 31.1 Å². The molecule has 0 bridgehead atoms. The quantitative estimate of drug-likeness (QED) is 0.880. The van der Waals surface area contributed by atoms with Crippen molar-refractivity contribution in [3.05, 3.63) is 56.8 Å².